The summed E-state index contributed by atoms with van der Waals surface area (Å²) in [6, 6.07) is 9.21. The summed E-state index contributed by atoms with van der Waals surface area (Å²) in [6.45, 7) is 7.67. The van der Waals surface area contributed by atoms with Crippen molar-refractivity contribution in [2.75, 3.05) is 0 Å². The highest BCUT2D eigenvalue weighted by Crippen LogP contribution is 2.60. The minimum absolute atomic E-state index is 0.262. The summed E-state index contributed by atoms with van der Waals surface area (Å²) in [5.41, 5.74) is -3.95. The standard InChI is InChI=1S/C30H39NO7/c1-17-10-9-13-21-26(34)29(5,37)18(2)24-22(16-20-11-7-6-8-12-20)31-27(35)30(21,24)23(38-19(3)32)14-15-28(4,36)25(17)33/h6-9,11-15,17-18,21-24,26,34,36-37H,10,16H2,1-5H3,(H,31,35)/b13-9+,15-14+/t17-,18-,21-,22-,23+,24+,26-,28+,29-,30+/m0/s1. The summed E-state index contributed by atoms with van der Waals surface area (Å²) in [6.07, 6.45) is 4.23. The summed E-state index contributed by atoms with van der Waals surface area (Å²) in [7, 11) is 0. The molecule has 38 heavy (non-hydrogen) atoms. The first-order valence-electron chi connectivity index (χ1n) is 13.3. The maximum atomic E-state index is 14.2. The van der Waals surface area contributed by atoms with E-state index in [2.05, 4.69) is 5.32 Å². The summed E-state index contributed by atoms with van der Waals surface area (Å²) in [4.78, 5) is 39.6. The molecule has 8 heteroatoms. The highest BCUT2D eigenvalue weighted by Gasteiger charge is 2.72. The fraction of sp³-hybridized carbons (Fsp3) is 0.567. The number of carbonyl (C=O) groups excluding carboxylic acids is 3. The smallest absolute Gasteiger partial charge is 0.303 e. The van der Waals surface area contributed by atoms with Gasteiger partial charge in [-0.15, -0.1) is 0 Å². The van der Waals surface area contributed by atoms with E-state index in [-0.39, 0.29) is 6.42 Å². The zero-order valence-corrected chi connectivity index (χ0v) is 22.6. The van der Waals surface area contributed by atoms with Crippen LogP contribution in [0.2, 0.25) is 0 Å². The average Bonchev–Trinajstić information content (AvgIpc) is 3.13. The monoisotopic (exact) mass is 525 g/mol. The minimum Gasteiger partial charge on any atom is -0.457 e. The Morgan fingerprint density at radius 2 is 1.76 bits per heavy atom. The van der Waals surface area contributed by atoms with Crippen LogP contribution in [0.1, 0.15) is 46.6 Å². The lowest BCUT2D eigenvalue weighted by Gasteiger charge is -2.57. The van der Waals surface area contributed by atoms with Crippen molar-refractivity contribution in [3.05, 3.63) is 60.2 Å². The Balaban J connectivity index is 1.97. The third-order valence-electron chi connectivity index (χ3n) is 9.08. The number of allylic oxidation sites excluding steroid dienone is 1. The van der Waals surface area contributed by atoms with Gasteiger partial charge in [0.15, 0.2) is 5.78 Å². The molecular weight excluding hydrogens is 486 g/mol. The van der Waals surface area contributed by atoms with E-state index in [0.717, 1.165) is 5.56 Å². The number of hydrogen-bond donors (Lipinski definition) is 4. The van der Waals surface area contributed by atoms with Crippen molar-refractivity contribution in [3.63, 3.8) is 0 Å². The molecule has 4 N–H and O–H groups in total. The van der Waals surface area contributed by atoms with Crippen molar-refractivity contribution in [1.29, 1.82) is 0 Å². The van der Waals surface area contributed by atoms with Gasteiger partial charge in [0.1, 0.15) is 17.1 Å². The molecule has 1 aromatic rings. The molecule has 1 saturated heterocycles. The topological polar surface area (TPSA) is 133 Å². The molecule has 0 radical (unpaired) electrons. The van der Waals surface area contributed by atoms with E-state index in [1.807, 2.05) is 30.3 Å². The van der Waals surface area contributed by atoms with Gasteiger partial charge >= 0.3 is 5.97 Å². The second-order valence-corrected chi connectivity index (χ2v) is 11.7. The van der Waals surface area contributed by atoms with Gasteiger partial charge in [-0.05, 0) is 50.3 Å². The summed E-state index contributed by atoms with van der Waals surface area (Å²) in [5, 5.41) is 37.3. The molecule has 0 unspecified atom stereocenters. The number of nitrogens with one attached hydrogen (secondary N) is 1. The van der Waals surface area contributed by atoms with Crippen molar-refractivity contribution < 1.29 is 34.4 Å². The van der Waals surface area contributed by atoms with Crippen molar-refractivity contribution >= 4 is 17.7 Å². The van der Waals surface area contributed by atoms with Crippen LogP contribution in [0.15, 0.2) is 54.6 Å². The van der Waals surface area contributed by atoms with Gasteiger partial charge < -0.3 is 25.4 Å². The van der Waals surface area contributed by atoms with Crippen LogP contribution in [0.3, 0.4) is 0 Å². The van der Waals surface area contributed by atoms with Gasteiger partial charge in [0.25, 0.3) is 0 Å². The molecule has 1 saturated carbocycles. The number of aliphatic hydroxyl groups is 3. The SMILES string of the molecule is CC(=O)O[C@@H]1/C=C/[C@@](C)(O)C(=O)[C@@H](C)C/C=C/[C@H]2[C@H](O)[C@@](C)(O)[C@@H](C)[C@@H]3[C@H](Cc4ccccc4)NC(=O)[C@@]312. The van der Waals surface area contributed by atoms with Gasteiger partial charge in [-0.1, -0.05) is 56.3 Å². The van der Waals surface area contributed by atoms with Crippen LogP contribution >= 0.6 is 0 Å². The van der Waals surface area contributed by atoms with Crippen molar-refractivity contribution in [3.8, 4) is 0 Å². The number of aliphatic hydroxyl groups excluding tert-OH is 1. The van der Waals surface area contributed by atoms with Gasteiger partial charge in [-0.2, -0.15) is 0 Å². The average molecular weight is 526 g/mol. The first-order chi connectivity index (χ1) is 17.7. The molecule has 1 aliphatic heterocycles. The van der Waals surface area contributed by atoms with Gasteiger partial charge in [0, 0.05) is 30.7 Å². The predicted molar refractivity (Wildman–Crippen MR) is 141 cm³/mol. The number of hydrogen-bond acceptors (Lipinski definition) is 7. The lowest BCUT2D eigenvalue weighted by atomic mass is 9.48. The van der Waals surface area contributed by atoms with E-state index < -0.39 is 76.2 Å². The first kappa shape index (κ1) is 28.2. The minimum atomic E-state index is -1.86. The van der Waals surface area contributed by atoms with E-state index >= 15 is 0 Å². The molecule has 1 spiro atoms. The molecule has 3 aliphatic rings. The highest BCUT2D eigenvalue weighted by molar-refractivity contribution is 5.91. The van der Waals surface area contributed by atoms with Crippen molar-refractivity contribution in [2.24, 2.45) is 29.1 Å². The Morgan fingerprint density at radius 3 is 2.39 bits per heavy atom. The maximum Gasteiger partial charge on any atom is 0.303 e. The largest absolute Gasteiger partial charge is 0.457 e. The second kappa shape index (κ2) is 10.1. The number of rotatable bonds is 3. The Hall–Kier alpha value is -2.81. The van der Waals surface area contributed by atoms with Crippen LogP contribution in [0.25, 0.3) is 0 Å². The maximum absolute atomic E-state index is 14.2. The Bertz CT molecular complexity index is 1140. The third-order valence-corrected chi connectivity index (χ3v) is 9.08. The zero-order chi connectivity index (χ0) is 28.0. The summed E-state index contributed by atoms with van der Waals surface area (Å²) in [5.74, 6) is -4.14. The van der Waals surface area contributed by atoms with Gasteiger partial charge in [0.05, 0.1) is 11.7 Å². The van der Waals surface area contributed by atoms with E-state index in [4.69, 9.17) is 4.74 Å². The fourth-order valence-corrected chi connectivity index (χ4v) is 6.95. The summed E-state index contributed by atoms with van der Waals surface area (Å²) < 4.78 is 5.79. The Morgan fingerprint density at radius 1 is 1.11 bits per heavy atom. The van der Waals surface area contributed by atoms with Crippen LogP contribution in [0.4, 0.5) is 0 Å². The molecule has 1 amide bonds. The van der Waals surface area contributed by atoms with Crippen LogP contribution in [-0.4, -0.2) is 62.4 Å². The first-order valence-corrected chi connectivity index (χ1v) is 13.3. The second-order valence-electron chi connectivity index (χ2n) is 11.7. The molecule has 2 fully saturated rings. The Labute approximate surface area is 223 Å². The normalized spacial score (nSPS) is 44.7. The molecule has 2 aliphatic carbocycles. The number of amides is 1. The van der Waals surface area contributed by atoms with Gasteiger partial charge in [-0.25, -0.2) is 0 Å². The number of benzene rings is 1. The summed E-state index contributed by atoms with van der Waals surface area (Å²) >= 11 is 0. The lowest BCUT2D eigenvalue weighted by molar-refractivity contribution is -0.217. The van der Waals surface area contributed by atoms with Crippen molar-refractivity contribution in [2.45, 2.75) is 76.9 Å². The van der Waals surface area contributed by atoms with E-state index in [1.165, 1.54) is 26.0 Å². The van der Waals surface area contributed by atoms with Crippen LogP contribution in [0.5, 0.6) is 0 Å². The van der Waals surface area contributed by atoms with E-state index in [9.17, 15) is 29.7 Å². The molecular formula is C30H39NO7. The highest BCUT2D eigenvalue weighted by atomic mass is 16.5. The molecule has 1 heterocycles. The molecule has 10 atom stereocenters. The van der Waals surface area contributed by atoms with Gasteiger partial charge in [0.2, 0.25) is 5.91 Å². The number of ether oxygens (including phenoxy) is 1. The molecule has 8 nitrogen and oxygen atoms in total. The van der Waals surface area contributed by atoms with E-state index in [0.29, 0.717) is 6.42 Å². The molecule has 206 valence electrons. The predicted octanol–water partition coefficient (Wildman–Crippen LogP) is 2.11. The number of Topliss-reactive ketones (excluding diaryl/α,β-unsaturated/α-hetero) is 1. The van der Waals surface area contributed by atoms with Crippen LogP contribution in [0, 0.1) is 29.1 Å². The lowest BCUT2D eigenvalue weighted by Crippen LogP contribution is -2.68. The quantitative estimate of drug-likeness (QED) is 0.351. The zero-order valence-electron chi connectivity index (χ0n) is 22.6. The van der Waals surface area contributed by atoms with Gasteiger partial charge in [-0.3, -0.25) is 14.4 Å². The number of ketones is 1. The van der Waals surface area contributed by atoms with E-state index in [1.54, 1.807) is 32.9 Å². The number of carbonyl (C=O) groups is 3. The van der Waals surface area contributed by atoms with Crippen LogP contribution < -0.4 is 5.32 Å². The fourth-order valence-electron chi connectivity index (χ4n) is 6.95. The van der Waals surface area contributed by atoms with Crippen LogP contribution in [-0.2, 0) is 25.5 Å². The molecule has 0 aromatic heterocycles. The Kier molecular flexibility index (Phi) is 7.47. The molecule has 0 bridgehead atoms. The third kappa shape index (κ3) is 4.52. The van der Waals surface area contributed by atoms with Crippen molar-refractivity contribution in [1.82, 2.24) is 5.32 Å². The molecule has 4 rings (SSSR count). The molecule has 1 aromatic carbocycles. The number of esters is 1.